The van der Waals surface area contributed by atoms with Crippen molar-refractivity contribution < 1.29 is 42.2 Å². The van der Waals surface area contributed by atoms with Gasteiger partial charge in [0.15, 0.2) is 0 Å². The number of carbonyl (C=O) groups excluding carboxylic acids is 2. The zero-order valence-corrected chi connectivity index (χ0v) is 23.3. The van der Waals surface area contributed by atoms with Crippen molar-refractivity contribution in [1.82, 2.24) is 5.32 Å². The Morgan fingerprint density at radius 1 is 1.05 bits per heavy atom. The summed E-state index contributed by atoms with van der Waals surface area (Å²) in [5.41, 5.74) is 7.70. The van der Waals surface area contributed by atoms with Gasteiger partial charge in [-0.2, -0.15) is 8.42 Å². The van der Waals surface area contributed by atoms with Gasteiger partial charge >= 0.3 is 11.9 Å². The van der Waals surface area contributed by atoms with Crippen LogP contribution in [0.5, 0.6) is 0 Å². The normalized spacial score (nSPS) is 14.9. The molecule has 0 saturated heterocycles. The number of carbonyl (C=O) groups is 2. The molecule has 0 aromatic heterocycles. The average molecular weight is 585 g/mol. The second-order valence-electron chi connectivity index (χ2n) is 7.85. The van der Waals surface area contributed by atoms with Gasteiger partial charge in [-0.15, -0.1) is 0 Å². The minimum Gasteiger partial charge on any atom is -0.466 e. The summed E-state index contributed by atoms with van der Waals surface area (Å²) in [5, 5.41) is 3.52. The number of rotatable bonds is 9. The molecule has 1 atom stereocenters. The SMILES string of the molecule is CCOC(=O)C1=C(COCCN)NC(C)=C(C(=O)OC)[C@@H]1c1ccccc1Cl.O.O=S(=O)(O)c1ccccc1. The van der Waals surface area contributed by atoms with E-state index >= 15 is 0 Å². The first-order valence-corrected chi connectivity index (χ1v) is 13.4. The number of nitrogens with two attached hydrogens (primary N) is 1. The van der Waals surface area contributed by atoms with Crippen LogP contribution in [0, 0.1) is 0 Å². The van der Waals surface area contributed by atoms with Gasteiger partial charge in [0, 0.05) is 17.3 Å². The number of dihydropyridines is 1. The third-order valence-electron chi connectivity index (χ3n) is 5.31. The van der Waals surface area contributed by atoms with Crippen molar-refractivity contribution >= 4 is 33.7 Å². The van der Waals surface area contributed by atoms with Crippen LogP contribution in [0.4, 0.5) is 0 Å². The number of benzene rings is 2. The molecule has 0 fully saturated rings. The second-order valence-corrected chi connectivity index (χ2v) is 9.68. The third kappa shape index (κ3) is 9.17. The van der Waals surface area contributed by atoms with E-state index in [4.69, 9.17) is 36.1 Å². The molecule has 0 bridgehead atoms. The van der Waals surface area contributed by atoms with E-state index in [1.165, 1.54) is 19.2 Å². The van der Waals surface area contributed by atoms with Crippen LogP contribution >= 0.6 is 11.6 Å². The van der Waals surface area contributed by atoms with Gasteiger partial charge in [-0.1, -0.05) is 48.0 Å². The summed E-state index contributed by atoms with van der Waals surface area (Å²) < 4.78 is 45.0. The van der Waals surface area contributed by atoms with E-state index in [0.29, 0.717) is 40.7 Å². The maximum absolute atomic E-state index is 12.9. The van der Waals surface area contributed by atoms with E-state index in [1.54, 1.807) is 56.3 Å². The molecule has 39 heavy (non-hydrogen) atoms. The summed E-state index contributed by atoms with van der Waals surface area (Å²) in [5.74, 6) is -1.86. The lowest BCUT2D eigenvalue weighted by Gasteiger charge is -2.31. The minimum atomic E-state index is -4.00. The van der Waals surface area contributed by atoms with E-state index in [2.05, 4.69) is 5.32 Å². The van der Waals surface area contributed by atoms with Crippen LogP contribution in [0.2, 0.25) is 5.02 Å². The largest absolute Gasteiger partial charge is 0.466 e. The Balaban J connectivity index is 0.000000581. The maximum atomic E-state index is 12.9. The van der Waals surface area contributed by atoms with Gasteiger partial charge in [0.25, 0.3) is 10.1 Å². The smallest absolute Gasteiger partial charge is 0.336 e. The Morgan fingerprint density at radius 3 is 2.18 bits per heavy atom. The zero-order chi connectivity index (χ0) is 28.3. The van der Waals surface area contributed by atoms with Crippen molar-refractivity contribution in [2.24, 2.45) is 5.73 Å². The average Bonchev–Trinajstić information content (AvgIpc) is 2.89. The maximum Gasteiger partial charge on any atom is 0.336 e. The molecule has 214 valence electrons. The van der Waals surface area contributed by atoms with Gasteiger partial charge < -0.3 is 30.7 Å². The van der Waals surface area contributed by atoms with E-state index in [1.807, 2.05) is 0 Å². The van der Waals surface area contributed by atoms with Crippen LogP contribution in [0.1, 0.15) is 25.3 Å². The van der Waals surface area contributed by atoms with Crippen LogP contribution in [0.25, 0.3) is 0 Å². The first kappa shape index (κ1) is 33.8. The van der Waals surface area contributed by atoms with Crippen molar-refractivity contribution in [1.29, 1.82) is 0 Å². The molecular formula is C26H33ClN2O9S. The van der Waals surface area contributed by atoms with Gasteiger partial charge in [-0.3, -0.25) is 4.55 Å². The van der Waals surface area contributed by atoms with Crippen LogP contribution in [-0.2, 0) is 33.9 Å². The molecule has 2 aromatic carbocycles. The van der Waals surface area contributed by atoms with E-state index in [9.17, 15) is 18.0 Å². The summed E-state index contributed by atoms with van der Waals surface area (Å²) in [6.45, 7) is 4.42. The quantitative estimate of drug-likeness (QED) is 0.224. The van der Waals surface area contributed by atoms with Gasteiger partial charge in [-0.25, -0.2) is 9.59 Å². The Hall–Kier alpha value is -3.26. The zero-order valence-electron chi connectivity index (χ0n) is 21.8. The van der Waals surface area contributed by atoms with Gasteiger partial charge in [0.1, 0.15) is 0 Å². The Bertz CT molecular complexity index is 1300. The van der Waals surface area contributed by atoms with E-state index in [0.717, 1.165) is 0 Å². The Labute approximate surface area is 232 Å². The molecule has 0 amide bonds. The molecule has 6 N–H and O–H groups in total. The number of halogens is 1. The minimum absolute atomic E-state index is 0. The number of esters is 2. The van der Waals surface area contributed by atoms with E-state index < -0.39 is 28.0 Å². The highest BCUT2D eigenvalue weighted by Gasteiger charge is 2.39. The number of methoxy groups -OCH3 is 1. The van der Waals surface area contributed by atoms with Crippen molar-refractivity contribution in [3.63, 3.8) is 0 Å². The fourth-order valence-electron chi connectivity index (χ4n) is 3.71. The van der Waals surface area contributed by atoms with Crippen LogP contribution in [0.3, 0.4) is 0 Å². The van der Waals surface area contributed by atoms with Crippen molar-refractivity contribution in [2.45, 2.75) is 24.7 Å². The third-order valence-corrected chi connectivity index (χ3v) is 6.52. The summed E-state index contributed by atoms with van der Waals surface area (Å²) >= 11 is 6.42. The molecule has 1 aliphatic heterocycles. The highest BCUT2D eigenvalue weighted by molar-refractivity contribution is 7.85. The molecule has 3 rings (SSSR count). The van der Waals surface area contributed by atoms with Gasteiger partial charge in [0.2, 0.25) is 0 Å². The first-order valence-electron chi connectivity index (χ1n) is 11.6. The highest BCUT2D eigenvalue weighted by atomic mass is 35.5. The van der Waals surface area contributed by atoms with Crippen molar-refractivity contribution in [2.75, 3.05) is 33.5 Å². The topological polar surface area (TPSA) is 186 Å². The fourth-order valence-corrected chi connectivity index (χ4v) is 4.46. The fraction of sp³-hybridized carbons (Fsp3) is 0.308. The first-order chi connectivity index (χ1) is 18.1. The Morgan fingerprint density at radius 2 is 1.67 bits per heavy atom. The molecule has 13 heteroatoms. The Kier molecular flexibility index (Phi) is 13.8. The van der Waals surface area contributed by atoms with Gasteiger partial charge in [-0.05, 0) is 37.6 Å². The lowest BCUT2D eigenvalue weighted by Crippen LogP contribution is -2.35. The number of nitrogens with one attached hydrogen (secondary N) is 1. The van der Waals surface area contributed by atoms with Crippen molar-refractivity contribution in [3.05, 3.63) is 87.7 Å². The lowest BCUT2D eigenvalue weighted by atomic mass is 9.80. The highest BCUT2D eigenvalue weighted by Crippen LogP contribution is 2.41. The van der Waals surface area contributed by atoms with Gasteiger partial charge in [0.05, 0.1) is 54.6 Å². The molecule has 11 nitrogen and oxygen atoms in total. The van der Waals surface area contributed by atoms with Crippen LogP contribution in [0.15, 0.2) is 82.0 Å². The number of ether oxygens (including phenoxy) is 3. The monoisotopic (exact) mass is 584 g/mol. The van der Waals surface area contributed by atoms with Crippen LogP contribution < -0.4 is 11.1 Å². The second kappa shape index (κ2) is 16.0. The summed E-state index contributed by atoms with van der Waals surface area (Å²) in [6, 6.07) is 14.5. The number of allylic oxidation sites excluding steroid dienone is 1. The summed E-state index contributed by atoms with van der Waals surface area (Å²) in [7, 11) is -2.71. The molecule has 2 aromatic rings. The molecular weight excluding hydrogens is 552 g/mol. The molecule has 0 aliphatic carbocycles. The van der Waals surface area contributed by atoms with Crippen molar-refractivity contribution in [3.8, 4) is 0 Å². The summed E-state index contributed by atoms with van der Waals surface area (Å²) in [4.78, 5) is 25.4. The molecule has 0 radical (unpaired) electrons. The molecule has 0 unspecified atom stereocenters. The lowest BCUT2D eigenvalue weighted by molar-refractivity contribution is -0.139. The van der Waals surface area contributed by atoms with E-state index in [-0.39, 0.29) is 29.2 Å². The molecule has 1 heterocycles. The van der Waals surface area contributed by atoms with Crippen LogP contribution in [-0.4, -0.2) is 63.9 Å². The predicted octanol–water partition coefficient (Wildman–Crippen LogP) is 2.37. The molecule has 0 spiro atoms. The molecule has 1 aliphatic rings. The number of hydrogen-bond acceptors (Lipinski definition) is 9. The predicted molar refractivity (Wildman–Crippen MR) is 145 cm³/mol. The summed E-state index contributed by atoms with van der Waals surface area (Å²) in [6.07, 6.45) is 0. The number of hydrogen-bond donors (Lipinski definition) is 3. The molecule has 0 saturated carbocycles. The standard InChI is InChI=1S/C20H25ClN2O5.C6H6O3S.H2O/c1-4-28-20(25)18-15(11-27-10-9-22)23-12(2)16(19(24)26-3)17(18)13-7-5-6-8-14(13)21;7-10(8,9)6-4-2-1-3-5-6;/h5-8,17,23H,4,9-11,22H2,1-3H3;1-5H,(H,7,8,9);1H2/t17-;;/m0../s1.